The van der Waals surface area contributed by atoms with E-state index in [0.717, 1.165) is 42.3 Å². The maximum atomic E-state index is 5.97. The van der Waals surface area contributed by atoms with Gasteiger partial charge in [-0.05, 0) is 38.5 Å². The van der Waals surface area contributed by atoms with Crippen LogP contribution in [0.25, 0.3) is 0 Å². The zero-order valence-corrected chi connectivity index (χ0v) is 14.8. The summed E-state index contributed by atoms with van der Waals surface area (Å²) in [5.74, 6) is 1.89. The number of aryl methyl sites for hydroxylation is 3. The SMILES string of the molecule is Cc1cc(C)n(CCCN=C(N)Nc2ccc3c(c2)OCCCO3)n1. The third-order valence-corrected chi connectivity index (χ3v) is 3.93. The van der Waals surface area contributed by atoms with Crippen LogP contribution < -0.4 is 20.5 Å². The van der Waals surface area contributed by atoms with Crippen molar-refractivity contribution in [1.82, 2.24) is 9.78 Å². The van der Waals surface area contributed by atoms with Crippen molar-refractivity contribution < 1.29 is 9.47 Å². The van der Waals surface area contributed by atoms with Crippen LogP contribution in [0.3, 0.4) is 0 Å². The summed E-state index contributed by atoms with van der Waals surface area (Å²) in [7, 11) is 0. The van der Waals surface area contributed by atoms with E-state index in [9.17, 15) is 0 Å². The molecule has 134 valence electrons. The summed E-state index contributed by atoms with van der Waals surface area (Å²) in [6, 6.07) is 7.76. The molecule has 0 atom stereocenters. The lowest BCUT2D eigenvalue weighted by Crippen LogP contribution is -2.23. The zero-order chi connectivity index (χ0) is 17.6. The standard InChI is InChI=1S/C18H25N5O2/c1-13-11-14(2)23(22-13)8-3-7-20-18(19)21-15-5-6-16-17(12-15)25-10-4-9-24-16/h5-6,11-12H,3-4,7-10H2,1-2H3,(H3,19,20,21). The first-order valence-electron chi connectivity index (χ1n) is 8.59. The minimum absolute atomic E-state index is 0.392. The van der Waals surface area contributed by atoms with Gasteiger partial charge in [0.1, 0.15) is 0 Å². The Morgan fingerprint density at radius 2 is 2.04 bits per heavy atom. The second-order valence-electron chi connectivity index (χ2n) is 6.11. The molecular formula is C18H25N5O2. The van der Waals surface area contributed by atoms with Crippen molar-refractivity contribution in [2.45, 2.75) is 33.2 Å². The lowest BCUT2D eigenvalue weighted by atomic mass is 10.3. The highest BCUT2D eigenvalue weighted by Crippen LogP contribution is 2.32. The number of ether oxygens (including phenoxy) is 2. The number of anilines is 1. The highest BCUT2D eigenvalue weighted by atomic mass is 16.5. The van der Waals surface area contributed by atoms with Gasteiger partial charge in [-0.2, -0.15) is 5.10 Å². The van der Waals surface area contributed by atoms with Crippen molar-refractivity contribution in [3.63, 3.8) is 0 Å². The second-order valence-corrected chi connectivity index (χ2v) is 6.11. The molecule has 2 heterocycles. The summed E-state index contributed by atoms with van der Waals surface area (Å²) >= 11 is 0. The summed E-state index contributed by atoms with van der Waals surface area (Å²) in [5, 5.41) is 7.54. The summed E-state index contributed by atoms with van der Waals surface area (Å²) < 4.78 is 13.3. The van der Waals surface area contributed by atoms with E-state index in [1.54, 1.807) is 0 Å². The maximum absolute atomic E-state index is 5.97. The molecule has 3 N–H and O–H groups in total. The van der Waals surface area contributed by atoms with Crippen LogP contribution in [0, 0.1) is 13.8 Å². The molecule has 0 saturated heterocycles. The van der Waals surface area contributed by atoms with Crippen LogP contribution in [0.4, 0.5) is 5.69 Å². The summed E-state index contributed by atoms with van der Waals surface area (Å²) in [4.78, 5) is 4.37. The van der Waals surface area contributed by atoms with Gasteiger partial charge in [-0.25, -0.2) is 0 Å². The molecule has 0 bridgehead atoms. The van der Waals surface area contributed by atoms with Gasteiger partial charge >= 0.3 is 0 Å². The normalized spacial score (nSPS) is 14.2. The van der Waals surface area contributed by atoms with Gasteiger partial charge in [-0.15, -0.1) is 0 Å². The first kappa shape index (κ1) is 17.1. The molecule has 2 aromatic rings. The lowest BCUT2D eigenvalue weighted by Gasteiger charge is -2.10. The number of hydrogen-bond donors (Lipinski definition) is 2. The van der Waals surface area contributed by atoms with Crippen LogP contribution in [0.5, 0.6) is 11.5 Å². The molecule has 3 rings (SSSR count). The van der Waals surface area contributed by atoms with Crippen LogP contribution in [0.2, 0.25) is 0 Å². The average molecular weight is 343 g/mol. The molecule has 0 aliphatic carbocycles. The number of fused-ring (bicyclic) bond motifs is 1. The van der Waals surface area contributed by atoms with E-state index in [1.807, 2.05) is 29.8 Å². The molecule has 1 aliphatic rings. The van der Waals surface area contributed by atoms with Crippen molar-refractivity contribution in [3.05, 3.63) is 35.7 Å². The fraction of sp³-hybridized carbons (Fsp3) is 0.444. The molecule has 7 nitrogen and oxygen atoms in total. The summed E-state index contributed by atoms with van der Waals surface area (Å²) in [6.45, 7) is 6.87. The number of aliphatic imine (C=N–C) groups is 1. The monoisotopic (exact) mass is 343 g/mol. The van der Waals surface area contributed by atoms with Crippen molar-refractivity contribution in [2.75, 3.05) is 25.1 Å². The van der Waals surface area contributed by atoms with E-state index in [4.69, 9.17) is 15.2 Å². The largest absolute Gasteiger partial charge is 0.490 e. The highest BCUT2D eigenvalue weighted by molar-refractivity contribution is 5.92. The quantitative estimate of drug-likeness (QED) is 0.495. The third-order valence-electron chi connectivity index (χ3n) is 3.93. The first-order valence-corrected chi connectivity index (χ1v) is 8.59. The Morgan fingerprint density at radius 3 is 2.80 bits per heavy atom. The smallest absolute Gasteiger partial charge is 0.193 e. The Kier molecular flexibility index (Phi) is 5.42. The van der Waals surface area contributed by atoms with Crippen LogP contribution >= 0.6 is 0 Å². The van der Waals surface area contributed by atoms with Crippen molar-refractivity contribution in [1.29, 1.82) is 0 Å². The summed E-state index contributed by atoms with van der Waals surface area (Å²) in [5.41, 5.74) is 9.01. The third kappa shape index (κ3) is 4.65. The van der Waals surface area contributed by atoms with Gasteiger partial charge in [-0.3, -0.25) is 9.67 Å². The molecule has 1 aromatic carbocycles. The molecule has 0 radical (unpaired) electrons. The van der Waals surface area contributed by atoms with Gasteiger partial charge in [0.25, 0.3) is 0 Å². The topological polar surface area (TPSA) is 86.7 Å². The fourth-order valence-electron chi connectivity index (χ4n) is 2.75. The predicted octanol–water partition coefficient (Wildman–Crippen LogP) is 2.48. The van der Waals surface area contributed by atoms with Crippen LogP contribution in [0.1, 0.15) is 24.2 Å². The van der Waals surface area contributed by atoms with E-state index >= 15 is 0 Å². The van der Waals surface area contributed by atoms with Gasteiger partial charge in [0.05, 0.1) is 18.9 Å². The lowest BCUT2D eigenvalue weighted by molar-refractivity contribution is 0.297. The van der Waals surface area contributed by atoms with E-state index in [2.05, 4.69) is 28.4 Å². The van der Waals surface area contributed by atoms with Gasteiger partial charge in [-0.1, -0.05) is 0 Å². The van der Waals surface area contributed by atoms with Crippen LogP contribution in [0.15, 0.2) is 29.3 Å². The first-order chi connectivity index (χ1) is 12.1. The minimum Gasteiger partial charge on any atom is -0.490 e. The molecule has 0 saturated carbocycles. The van der Waals surface area contributed by atoms with Gasteiger partial charge in [0.15, 0.2) is 17.5 Å². The van der Waals surface area contributed by atoms with E-state index < -0.39 is 0 Å². The van der Waals surface area contributed by atoms with E-state index in [1.165, 1.54) is 5.69 Å². The molecule has 7 heteroatoms. The van der Waals surface area contributed by atoms with Crippen molar-refractivity contribution in [2.24, 2.45) is 10.7 Å². The van der Waals surface area contributed by atoms with E-state index in [-0.39, 0.29) is 0 Å². The van der Waals surface area contributed by atoms with Crippen molar-refractivity contribution >= 4 is 11.6 Å². The fourth-order valence-corrected chi connectivity index (χ4v) is 2.75. The van der Waals surface area contributed by atoms with Crippen molar-refractivity contribution in [3.8, 4) is 11.5 Å². The molecule has 0 spiro atoms. The van der Waals surface area contributed by atoms with Crippen LogP contribution in [-0.4, -0.2) is 35.5 Å². The number of benzene rings is 1. The number of nitrogens with zero attached hydrogens (tertiary/aromatic N) is 3. The predicted molar refractivity (Wildman–Crippen MR) is 98.5 cm³/mol. The summed E-state index contributed by atoms with van der Waals surface area (Å²) in [6.07, 6.45) is 1.77. The second kappa shape index (κ2) is 7.92. The Bertz CT molecular complexity index is 754. The molecule has 1 aliphatic heterocycles. The number of rotatable bonds is 5. The minimum atomic E-state index is 0.392. The van der Waals surface area contributed by atoms with Gasteiger partial charge in [0, 0.05) is 37.0 Å². The van der Waals surface area contributed by atoms with E-state index in [0.29, 0.717) is 25.7 Å². The molecule has 0 fully saturated rings. The number of guanidine groups is 1. The highest BCUT2D eigenvalue weighted by Gasteiger charge is 2.10. The Hall–Kier alpha value is -2.70. The number of nitrogens with one attached hydrogen (secondary N) is 1. The number of nitrogens with two attached hydrogens (primary N) is 1. The molecule has 0 amide bonds. The molecular weight excluding hydrogens is 318 g/mol. The number of hydrogen-bond acceptors (Lipinski definition) is 4. The molecule has 25 heavy (non-hydrogen) atoms. The van der Waals surface area contributed by atoms with Gasteiger partial charge < -0.3 is 20.5 Å². The Morgan fingerprint density at radius 1 is 1.24 bits per heavy atom. The van der Waals surface area contributed by atoms with Crippen LogP contribution in [-0.2, 0) is 6.54 Å². The van der Waals surface area contributed by atoms with Gasteiger partial charge in [0.2, 0.25) is 0 Å². The Labute approximate surface area is 147 Å². The number of aromatic nitrogens is 2. The molecule has 0 unspecified atom stereocenters. The Balaban J connectivity index is 1.51. The zero-order valence-electron chi connectivity index (χ0n) is 14.8. The maximum Gasteiger partial charge on any atom is 0.193 e. The average Bonchev–Trinajstić information content (AvgIpc) is 2.77. The molecule has 1 aromatic heterocycles.